The number of hydrogen-bond donors (Lipinski definition) is 2. The first-order chi connectivity index (χ1) is 11.7. The number of methoxy groups -OCH3 is 1. The van der Waals surface area contributed by atoms with Gasteiger partial charge in [0.1, 0.15) is 5.75 Å². The molecule has 0 radical (unpaired) electrons. The van der Waals surface area contributed by atoms with E-state index in [0.717, 1.165) is 43.4 Å². The van der Waals surface area contributed by atoms with Gasteiger partial charge in [0.05, 0.1) is 12.7 Å². The molecule has 1 aliphatic rings. The molecule has 3 rings (SSSR count). The Hall–Kier alpha value is -1.84. The number of ether oxygens (including phenoxy) is 1. The van der Waals surface area contributed by atoms with Crippen LogP contribution >= 0.6 is 0 Å². The fourth-order valence-electron chi connectivity index (χ4n) is 3.78. The van der Waals surface area contributed by atoms with E-state index in [0.29, 0.717) is 0 Å². The molecule has 0 heterocycles. The van der Waals surface area contributed by atoms with E-state index in [-0.39, 0.29) is 12.5 Å². The van der Waals surface area contributed by atoms with E-state index in [1.165, 1.54) is 11.1 Å². The van der Waals surface area contributed by atoms with E-state index >= 15 is 0 Å². The van der Waals surface area contributed by atoms with E-state index in [1.807, 2.05) is 24.3 Å². The fraction of sp³-hybridized carbons (Fsp3) is 0.429. The van der Waals surface area contributed by atoms with Crippen LogP contribution in [-0.2, 0) is 12.0 Å². The van der Waals surface area contributed by atoms with Crippen molar-refractivity contribution < 1.29 is 14.9 Å². The third kappa shape index (κ3) is 3.47. The summed E-state index contributed by atoms with van der Waals surface area (Å²) in [5.41, 5.74) is 2.42. The molecular weight excluding hydrogens is 300 g/mol. The fourth-order valence-corrected chi connectivity index (χ4v) is 3.78. The number of rotatable bonds is 5. The summed E-state index contributed by atoms with van der Waals surface area (Å²) in [6.07, 6.45) is 4.52. The lowest BCUT2D eigenvalue weighted by atomic mass is 9.71. The average Bonchev–Trinajstić information content (AvgIpc) is 2.63. The topological polar surface area (TPSA) is 49.7 Å². The summed E-state index contributed by atoms with van der Waals surface area (Å²) >= 11 is 0. The molecule has 1 saturated carbocycles. The molecule has 0 spiro atoms. The Labute approximate surface area is 143 Å². The predicted molar refractivity (Wildman–Crippen MR) is 95.2 cm³/mol. The van der Waals surface area contributed by atoms with Crippen LogP contribution in [0.5, 0.6) is 5.75 Å². The highest BCUT2D eigenvalue weighted by Crippen LogP contribution is 2.41. The maximum atomic E-state index is 11.2. The predicted octanol–water partition coefficient (Wildman–Crippen LogP) is 3.66. The monoisotopic (exact) mass is 326 g/mol. The number of aliphatic hydroxyl groups excluding tert-OH is 1. The Balaban J connectivity index is 1.82. The molecule has 2 aromatic rings. The van der Waals surface area contributed by atoms with E-state index in [4.69, 9.17) is 4.74 Å². The lowest BCUT2D eigenvalue weighted by Crippen LogP contribution is -2.40. The van der Waals surface area contributed by atoms with Crippen molar-refractivity contribution in [3.05, 3.63) is 65.2 Å². The molecular formula is C21H26O3. The van der Waals surface area contributed by atoms with Crippen molar-refractivity contribution in [3.8, 4) is 5.75 Å². The largest absolute Gasteiger partial charge is 0.497 e. The molecule has 0 saturated heterocycles. The van der Waals surface area contributed by atoms with Gasteiger partial charge in [-0.05, 0) is 48.1 Å². The van der Waals surface area contributed by atoms with Gasteiger partial charge in [-0.15, -0.1) is 0 Å². The second kappa shape index (κ2) is 7.37. The molecule has 2 aromatic carbocycles. The molecule has 128 valence electrons. The summed E-state index contributed by atoms with van der Waals surface area (Å²) in [7, 11) is 1.67. The van der Waals surface area contributed by atoms with Crippen molar-refractivity contribution in [3.63, 3.8) is 0 Å². The molecule has 2 unspecified atom stereocenters. The smallest absolute Gasteiger partial charge is 0.118 e. The Bertz CT molecular complexity index is 665. The quantitative estimate of drug-likeness (QED) is 0.881. The van der Waals surface area contributed by atoms with Gasteiger partial charge in [0.2, 0.25) is 0 Å². The van der Waals surface area contributed by atoms with Crippen LogP contribution in [0, 0.1) is 5.92 Å². The molecule has 3 nitrogen and oxygen atoms in total. The van der Waals surface area contributed by atoms with Crippen molar-refractivity contribution in [2.45, 2.75) is 37.7 Å². The lowest BCUT2D eigenvalue weighted by Gasteiger charge is -2.39. The van der Waals surface area contributed by atoms with Gasteiger partial charge in [-0.1, -0.05) is 49.2 Å². The van der Waals surface area contributed by atoms with Gasteiger partial charge in [0, 0.05) is 12.5 Å². The number of aliphatic hydroxyl groups is 2. The molecule has 0 bridgehead atoms. The van der Waals surface area contributed by atoms with Crippen LogP contribution in [0.25, 0.3) is 0 Å². The molecule has 0 aromatic heterocycles. The van der Waals surface area contributed by atoms with Crippen LogP contribution in [0.3, 0.4) is 0 Å². The zero-order valence-electron chi connectivity index (χ0n) is 14.2. The lowest BCUT2D eigenvalue weighted by molar-refractivity contribution is -0.0730. The standard InChI is InChI=1S/C21H26O3/c1-24-20-10-8-16(9-11-20)13-17-5-4-7-18(14-17)21(23)12-3-2-6-19(21)15-22/h4-5,7-11,14,19,22-23H,2-3,6,12-13,15H2,1H3. The second-order valence-electron chi connectivity index (χ2n) is 6.77. The maximum Gasteiger partial charge on any atom is 0.118 e. The molecule has 0 amide bonds. The average molecular weight is 326 g/mol. The van der Waals surface area contributed by atoms with Crippen molar-refractivity contribution >= 4 is 0 Å². The normalized spacial score (nSPS) is 23.9. The zero-order chi connectivity index (χ0) is 17.0. The maximum absolute atomic E-state index is 11.2. The van der Waals surface area contributed by atoms with E-state index < -0.39 is 5.60 Å². The van der Waals surface area contributed by atoms with Crippen molar-refractivity contribution in [2.24, 2.45) is 5.92 Å². The number of benzene rings is 2. The molecule has 1 fully saturated rings. The molecule has 0 aliphatic heterocycles. The SMILES string of the molecule is COc1ccc(Cc2cccc(C3(O)CCCCC3CO)c2)cc1. The van der Waals surface area contributed by atoms with Crippen LogP contribution in [0.15, 0.2) is 48.5 Å². The Kier molecular flexibility index (Phi) is 5.22. The van der Waals surface area contributed by atoms with Gasteiger partial charge in [-0.25, -0.2) is 0 Å². The highest BCUT2D eigenvalue weighted by atomic mass is 16.5. The van der Waals surface area contributed by atoms with Gasteiger partial charge >= 0.3 is 0 Å². The van der Waals surface area contributed by atoms with Crippen molar-refractivity contribution in [1.29, 1.82) is 0 Å². The van der Waals surface area contributed by atoms with Gasteiger partial charge in [-0.3, -0.25) is 0 Å². The van der Waals surface area contributed by atoms with Crippen molar-refractivity contribution in [1.82, 2.24) is 0 Å². The first-order valence-electron chi connectivity index (χ1n) is 8.71. The third-order valence-corrected chi connectivity index (χ3v) is 5.25. The summed E-state index contributed by atoms with van der Waals surface area (Å²) in [6.45, 7) is 0.0409. The van der Waals surface area contributed by atoms with Crippen LogP contribution in [0.2, 0.25) is 0 Å². The molecule has 1 aliphatic carbocycles. The highest BCUT2D eigenvalue weighted by molar-refractivity contribution is 5.35. The zero-order valence-corrected chi connectivity index (χ0v) is 14.2. The van der Waals surface area contributed by atoms with Crippen LogP contribution in [-0.4, -0.2) is 23.9 Å². The van der Waals surface area contributed by atoms with E-state index in [9.17, 15) is 10.2 Å². The summed E-state index contributed by atoms with van der Waals surface area (Å²) in [5, 5.41) is 20.9. The molecule has 24 heavy (non-hydrogen) atoms. The minimum atomic E-state index is -0.900. The minimum absolute atomic E-state index is 0.0409. The van der Waals surface area contributed by atoms with Crippen LogP contribution in [0.4, 0.5) is 0 Å². The van der Waals surface area contributed by atoms with Gasteiger partial charge in [0.25, 0.3) is 0 Å². The van der Waals surface area contributed by atoms with E-state index in [1.54, 1.807) is 7.11 Å². The first kappa shape index (κ1) is 17.0. The Morgan fingerprint density at radius 3 is 2.58 bits per heavy atom. The first-order valence-corrected chi connectivity index (χ1v) is 8.71. The molecule has 2 N–H and O–H groups in total. The van der Waals surface area contributed by atoms with Gasteiger partial charge in [0.15, 0.2) is 0 Å². The molecule has 3 heteroatoms. The third-order valence-electron chi connectivity index (χ3n) is 5.25. The second-order valence-corrected chi connectivity index (χ2v) is 6.77. The Morgan fingerprint density at radius 2 is 1.88 bits per heavy atom. The summed E-state index contributed by atoms with van der Waals surface area (Å²) in [4.78, 5) is 0. The van der Waals surface area contributed by atoms with Crippen molar-refractivity contribution in [2.75, 3.05) is 13.7 Å². The highest BCUT2D eigenvalue weighted by Gasteiger charge is 2.39. The van der Waals surface area contributed by atoms with Gasteiger partial charge in [-0.2, -0.15) is 0 Å². The molecule has 2 atom stereocenters. The number of hydrogen-bond acceptors (Lipinski definition) is 3. The van der Waals surface area contributed by atoms with Crippen LogP contribution in [0.1, 0.15) is 42.4 Å². The Morgan fingerprint density at radius 1 is 1.08 bits per heavy atom. The summed E-state index contributed by atoms with van der Waals surface area (Å²) in [6, 6.07) is 16.3. The van der Waals surface area contributed by atoms with Crippen LogP contribution < -0.4 is 4.74 Å². The van der Waals surface area contributed by atoms with E-state index in [2.05, 4.69) is 24.3 Å². The summed E-state index contributed by atoms with van der Waals surface area (Å²) in [5.74, 6) is 0.789. The minimum Gasteiger partial charge on any atom is -0.497 e. The van der Waals surface area contributed by atoms with Gasteiger partial charge < -0.3 is 14.9 Å². The summed E-state index contributed by atoms with van der Waals surface area (Å²) < 4.78 is 5.20.